The topological polar surface area (TPSA) is 134 Å². The molecule has 0 amide bonds. The quantitative estimate of drug-likeness (QED) is 0.221. The normalized spacial score (nSPS) is 11.0. The summed E-state index contributed by atoms with van der Waals surface area (Å²) in [6.45, 7) is 0. The summed E-state index contributed by atoms with van der Waals surface area (Å²) in [5.74, 6) is -1.53. The Morgan fingerprint density at radius 3 is 2.73 bits per heavy atom. The van der Waals surface area contributed by atoms with Crippen LogP contribution < -0.4 is 4.73 Å². The van der Waals surface area contributed by atoms with E-state index in [1.807, 2.05) is 6.07 Å². The molecule has 2 N–H and O–H groups in total. The number of hydrogen-bond acceptors (Lipinski definition) is 6. The molecule has 0 radical (unpaired) electrons. The first-order chi connectivity index (χ1) is 10.4. The van der Waals surface area contributed by atoms with Gasteiger partial charge in [-0.3, -0.25) is 10.1 Å². The minimum atomic E-state index is -0.855. The number of aromatic nitrogens is 1. The number of nitriles is 1. The minimum Gasteiger partial charge on any atom is -0.619 e. The van der Waals surface area contributed by atoms with Gasteiger partial charge in [0.25, 0.3) is 0 Å². The minimum absolute atomic E-state index is 0.0737. The maximum Gasteiger partial charge on any atom is 0.315 e. The molecule has 8 nitrogen and oxygen atoms in total. The monoisotopic (exact) mass is 299 g/mol. The lowest BCUT2D eigenvalue weighted by molar-refractivity contribution is -0.605. The summed E-state index contributed by atoms with van der Waals surface area (Å²) in [7, 11) is 0. The highest BCUT2D eigenvalue weighted by Gasteiger charge is 2.18. The van der Waals surface area contributed by atoms with Gasteiger partial charge in [-0.05, 0) is 23.8 Å². The van der Waals surface area contributed by atoms with Crippen LogP contribution in [0.2, 0.25) is 0 Å². The van der Waals surface area contributed by atoms with Gasteiger partial charge >= 0.3 is 5.69 Å². The molecule has 1 aromatic heterocycles. The van der Waals surface area contributed by atoms with E-state index >= 15 is 0 Å². The highest BCUT2D eigenvalue weighted by atomic mass is 16.6. The van der Waals surface area contributed by atoms with Crippen molar-refractivity contribution in [2.45, 2.75) is 0 Å². The Hall–Kier alpha value is -3.60. The van der Waals surface area contributed by atoms with Gasteiger partial charge in [-0.25, -0.2) is 0 Å². The van der Waals surface area contributed by atoms with Gasteiger partial charge in [0.05, 0.1) is 16.1 Å². The molecule has 110 valence electrons. The van der Waals surface area contributed by atoms with Gasteiger partial charge in [-0.2, -0.15) is 9.99 Å². The number of hydrogen-bond donors (Lipinski definition) is 2. The van der Waals surface area contributed by atoms with E-state index in [4.69, 9.17) is 5.26 Å². The van der Waals surface area contributed by atoms with E-state index in [1.54, 1.807) is 0 Å². The van der Waals surface area contributed by atoms with Crippen LogP contribution in [-0.2, 0) is 0 Å². The van der Waals surface area contributed by atoms with E-state index in [0.717, 1.165) is 12.1 Å². The van der Waals surface area contributed by atoms with Gasteiger partial charge in [-0.15, -0.1) is 0 Å². The number of benzene rings is 1. The van der Waals surface area contributed by atoms with E-state index in [9.17, 15) is 25.5 Å². The molecule has 0 aliphatic heterocycles. The van der Waals surface area contributed by atoms with Gasteiger partial charge in [0.1, 0.15) is 6.07 Å². The van der Waals surface area contributed by atoms with Gasteiger partial charge in [-0.1, -0.05) is 0 Å². The molecule has 1 aromatic carbocycles. The van der Waals surface area contributed by atoms with Crippen LogP contribution in [-0.4, -0.2) is 15.1 Å². The number of pyridine rings is 1. The molecule has 0 fully saturated rings. The molecule has 2 aromatic rings. The van der Waals surface area contributed by atoms with Crippen LogP contribution in [0.15, 0.2) is 36.7 Å². The molecule has 0 aliphatic carbocycles. The zero-order chi connectivity index (χ0) is 16.3. The predicted octanol–water partition coefficient (Wildman–Crippen LogP) is 1.70. The van der Waals surface area contributed by atoms with Crippen LogP contribution in [0.25, 0.3) is 11.6 Å². The van der Waals surface area contributed by atoms with Crippen LogP contribution in [0.1, 0.15) is 11.1 Å². The molecule has 8 heteroatoms. The molecule has 2 rings (SSSR count). The van der Waals surface area contributed by atoms with Crippen molar-refractivity contribution < 1.29 is 19.9 Å². The molecule has 0 bridgehead atoms. The van der Waals surface area contributed by atoms with Crippen molar-refractivity contribution >= 4 is 17.3 Å². The van der Waals surface area contributed by atoms with Crippen molar-refractivity contribution in [2.24, 2.45) is 0 Å². The lowest BCUT2D eigenvalue weighted by Crippen LogP contribution is -2.24. The van der Waals surface area contributed by atoms with E-state index in [0.29, 0.717) is 10.3 Å². The Balaban J connectivity index is 2.56. The van der Waals surface area contributed by atoms with Gasteiger partial charge in [0, 0.05) is 12.1 Å². The number of allylic oxidation sites excluding steroid dienone is 1. The second-order valence-corrected chi connectivity index (χ2v) is 4.29. The second kappa shape index (κ2) is 5.80. The number of nitrogens with zero attached hydrogens (tertiary/aromatic N) is 3. The summed E-state index contributed by atoms with van der Waals surface area (Å²) in [5, 5.41) is 50.1. The standard InChI is InChI=1S/C14H9N3O5/c15-7-11(10-2-1-3-16(20)8-10)4-9-5-12(17(21)22)14(19)13(18)6-9/h1-6,8,18-19H/b11-4-. The number of nitro groups is 1. The van der Waals surface area contributed by atoms with Crippen molar-refractivity contribution in [3.05, 3.63) is 63.1 Å². The maximum atomic E-state index is 11.2. The zero-order valence-corrected chi connectivity index (χ0v) is 11.0. The van der Waals surface area contributed by atoms with E-state index in [-0.39, 0.29) is 11.1 Å². The molecule has 1 heterocycles. The Labute approximate surface area is 124 Å². The van der Waals surface area contributed by atoms with Crippen LogP contribution in [0.5, 0.6) is 11.5 Å². The summed E-state index contributed by atoms with van der Waals surface area (Å²) in [6, 6.07) is 6.94. The Bertz CT molecular complexity index is 824. The lowest BCUT2D eigenvalue weighted by Gasteiger charge is -2.03. The number of phenolic OH excluding ortho intramolecular Hbond substituents is 2. The molecule has 0 spiro atoms. The van der Waals surface area contributed by atoms with Gasteiger partial charge < -0.3 is 15.4 Å². The first-order valence-electron chi connectivity index (χ1n) is 5.93. The summed E-state index contributed by atoms with van der Waals surface area (Å²) < 4.78 is 0.511. The molecule has 0 aliphatic rings. The smallest absolute Gasteiger partial charge is 0.315 e. The SMILES string of the molecule is N#C/C(=C/c1cc(O)c(O)c([N+](=O)[O-])c1)c1ccc[n+]([O-])c1. The summed E-state index contributed by atoms with van der Waals surface area (Å²) in [5.41, 5.74) is -0.157. The molecule has 0 unspecified atom stereocenters. The third kappa shape index (κ3) is 2.94. The zero-order valence-electron chi connectivity index (χ0n) is 11.0. The fourth-order valence-electron chi connectivity index (χ4n) is 1.81. The fourth-order valence-corrected chi connectivity index (χ4v) is 1.81. The van der Waals surface area contributed by atoms with Crippen LogP contribution >= 0.6 is 0 Å². The number of aromatic hydroxyl groups is 2. The van der Waals surface area contributed by atoms with Crippen LogP contribution in [0, 0.1) is 26.7 Å². The number of phenols is 2. The van der Waals surface area contributed by atoms with E-state index in [2.05, 4.69) is 0 Å². The molecular weight excluding hydrogens is 290 g/mol. The average molecular weight is 299 g/mol. The maximum absolute atomic E-state index is 11.2. The third-order valence-corrected chi connectivity index (χ3v) is 2.81. The highest BCUT2D eigenvalue weighted by Crippen LogP contribution is 2.36. The van der Waals surface area contributed by atoms with E-state index < -0.39 is 22.1 Å². The van der Waals surface area contributed by atoms with Crippen molar-refractivity contribution in [3.8, 4) is 17.6 Å². The summed E-state index contributed by atoms with van der Waals surface area (Å²) in [6.07, 6.45) is 3.68. The van der Waals surface area contributed by atoms with Crippen molar-refractivity contribution in [1.29, 1.82) is 5.26 Å². The van der Waals surface area contributed by atoms with Crippen molar-refractivity contribution in [2.75, 3.05) is 0 Å². The largest absolute Gasteiger partial charge is 0.619 e. The Morgan fingerprint density at radius 1 is 1.41 bits per heavy atom. The second-order valence-electron chi connectivity index (χ2n) is 4.29. The van der Waals surface area contributed by atoms with Crippen molar-refractivity contribution in [1.82, 2.24) is 0 Å². The summed E-state index contributed by atoms with van der Waals surface area (Å²) >= 11 is 0. The van der Waals surface area contributed by atoms with Gasteiger partial charge in [0.15, 0.2) is 18.1 Å². The predicted molar refractivity (Wildman–Crippen MR) is 75.3 cm³/mol. The molecule has 0 atom stereocenters. The molecule has 0 saturated heterocycles. The van der Waals surface area contributed by atoms with Crippen LogP contribution in [0.4, 0.5) is 5.69 Å². The number of rotatable bonds is 3. The lowest BCUT2D eigenvalue weighted by atomic mass is 10.0. The molecule has 22 heavy (non-hydrogen) atoms. The summed E-state index contributed by atoms with van der Waals surface area (Å²) in [4.78, 5) is 9.95. The number of nitro benzene ring substituents is 1. The van der Waals surface area contributed by atoms with E-state index in [1.165, 1.54) is 30.6 Å². The average Bonchev–Trinajstić information content (AvgIpc) is 2.47. The third-order valence-electron chi connectivity index (χ3n) is 2.81. The van der Waals surface area contributed by atoms with Crippen molar-refractivity contribution in [3.63, 3.8) is 0 Å². The van der Waals surface area contributed by atoms with Gasteiger partial charge in [0.2, 0.25) is 5.75 Å². The first kappa shape index (κ1) is 14.8. The molecule has 0 saturated carbocycles. The highest BCUT2D eigenvalue weighted by molar-refractivity contribution is 5.89. The molecular formula is C14H9N3O5. The first-order valence-corrected chi connectivity index (χ1v) is 5.93. The Morgan fingerprint density at radius 2 is 2.14 bits per heavy atom. The Kier molecular flexibility index (Phi) is 3.90. The van der Waals surface area contributed by atoms with Crippen LogP contribution in [0.3, 0.4) is 0 Å². The fraction of sp³-hybridized carbons (Fsp3) is 0.